The quantitative estimate of drug-likeness (QED) is 0.725. The van der Waals surface area contributed by atoms with E-state index in [0.717, 1.165) is 18.6 Å². The molecule has 0 aliphatic heterocycles. The Labute approximate surface area is 115 Å². The highest BCUT2D eigenvalue weighted by molar-refractivity contribution is 8.13. The Hall–Kier alpha value is -0.880. The number of rotatable bonds is 7. The Balaban J connectivity index is 2.62. The first kappa shape index (κ1) is 16.2. The zero-order chi connectivity index (χ0) is 14.5. The first-order valence-corrected chi connectivity index (χ1v) is 8.30. The average molecular weight is 313 g/mol. The summed E-state index contributed by atoms with van der Waals surface area (Å²) in [5.74, 6) is -2.28. The van der Waals surface area contributed by atoms with Crippen LogP contribution in [0.2, 0.25) is 0 Å². The van der Waals surface area contributed by atoms with Gasteiger partial charge in [-0.3, -0.25) is 0 Å². The number of benzene rings is 1. The molecule has 7 heteroatoms. The molecule has 1 rings (SSSR count). The number of ether oxygens (including phenoxy) is 1. The third-order valence-electron chi connectivity index (χ3n) is 2.51. The van der Waals surface area contributed by atoms with Crippen LogP contribution in [0.25, 0.3) is 0 Å². The van der Waals surface area contributed by atoms with Gasteiger partial charge >= 0.3 is 0 Å². The molecule has 0 aliphatic carbocycles. The minimum absolute atomic E-state index is 0.0882. The van der Waals surface area contributed by atoms with E-state index >= 15 is 0 Å². The first-order chi connectivity index (χ1) is 8.81. The van der Waals surface area contributed by atoms with Crippen LogP contribution in [0.5, 0.6) is 5.75 Å². The lowest BCUT2D eigenvalue weighted by molar-refractivity contribution is 0.251. The molecule has 0 fully saturated rings. The second-order valence-corrected chi connectivity index (χ2v) is 7.07. The highest BCUT2D eigenvalue weighted by Gasteiger charge is 2.17. The lowest BCUT2D eigenvalue weighted by Crippen LogP contribution is -2.19. The van der Waals surface area contributed by atoms with Gasteiger partial charge in [0.15, 0.2) is 11.6 Å². The largest absolute Gasteiger partial charge is 0.493 e. The molecule has 1 aromatic carbocycles. The van der Waals surface area contributed by atoms with E-state index in [9.17, 15) is 17.2 Å². The fraction of sp³-hybridized carbons (Fsp3) is 0.500. The van der Waals surface area contributed by atoms with Gasteiger partial charge < -0.3 is 4.74 Å². The molecule has 0 heterocycles. The number of hydrogen-bond donors (Lipinski definition) is 0. The number of hydrogen-bond acceptors (Lipinski definition) is 3. The Morgan fingerprint density at radius 1 is 1.32 bits per heavy atom. The van der Waals surface area contributed by atoms with Crippen molar-refractivity contribution in [1.82, 2.24) is 0 Å². The van der Waals surface area contributed by atoms with Gasteiger partial charge in [-0.25, -0.2) is 17.2 Å². The standard InChI is InChI=1S/C12H15ClF2O3S/c1-2-3-9(8-19(13,16)17)7-18-10-4-5-11(14)12(15)6-10/h4-6,9H,2-3,7-8H2,1H3. The van der Waals surface area contributed by atoms with Crippen molar-refractivity contribution in [3.05, 3.63) is 29.8 Å². The van der Waals surface area contributed by atoms with E-state index in [4.69, 9.17) is 15.4 Å². The minimum atomic E-state index is -3.61. The summed E-state index contributed by atoms with van der Waals surface area (Å²) in [5.41, 5.74) is 0. The predicted molar refractivity (Wildman–Crippen MR) is 69.9 cm³/mol. The average Bonchev–Trinajstić information content (AvgIpc) is 2.29. The Bertz CT molecular complexity index is 520. The Morgan fingerprint density at radius 3 is 2.53 bits per heavy atom. The molecular formula is C12H15ClF2O3S. The smallest absolute Gasteiger partial charge is 0.232 e. The van der Waals surface area contributed by atoms with E-state index < -0.39 is 20.7 Å². The van der Waals surface area contributed by atoms with Gasteiger partial charge in [-0.15, -0.1) is 0 Å². The topological polar surface area (TPSA) is 43.4 Å². The summed E-state index contributed by atoms with van der Waals surface area (Å²) in [6, 6.07) is 3.17. The van der Waals surface area contributed by atoms with Crippen LogP contribution in [0.15, 0.2) is 18.2 Å². The van der Waals surface area contributed by atoms with E-state index in [-0.39, 0.29) is 24.0 Å². The van der Waals surface area contributed by atoms with E-state index in [2.05, 4.69) is 0 Å². The monoisotopic (exact) mass is 312 g/mol. The fourth-order valence-corrected chi connectivity index (χ4v) is 3.05. The van der Waals surface area contributed by atoms with Crippen LogP contribution in [0.3, 0.4) is 0 Å². The van der Waals surface area contributed by atoms with Crippen LogP contribution < -0.4 is 4.74 Å². The van der Waals surface area contributed by atoms with Crippen molar-refractivity contribution in [3.8, 4) is 5.75 Å². The molecule has 0 aromatic heterocycles. The fourth-order valence-electron chi connectivity index (χ4n) is 1.69. The van der Waals surface area contributed by atoms with Gasteiger partial charge in [0, 0.05) is 22.7 Å². The molecule has 0 amide bonds. The summed E-state index contributed by atoms with van der Waals surface area (Å²) < 4.78 is 53.0. The molecule has 3 nitrogen and oxygen atoms in total. The summed E-state index contributed by atoms with van der Waals surface area (Å²) >= 11 is 0. The van der Waals surface area contributed by atoms with Crippen LogP contribution >= 0.6 is 10.7 Å². The zero-order valence-electron chi connectivity index (χ0n) is 10.4. The Morgan fingerprint density at radius 2 is 2.00 bits per heavy atom. The van der Waals surface area contributed by atoms with E-state index in [1.165, 1.54) is 6.07 Å². The molecule has 1 atom stereocenters. The van der Waals surface area contributed by atoms with Gasteiger partial charge in [0.1, 0.15) is 5.75 Å². The second-order valence-electron chi connectivity index (χ2n) is 4.25. The molecule has 0 aliphatic rings. The molecule has 108 valence electrons. The molecule has 0 spiro atoms. The van der Waals surface area contributed by atoms with Crippen LogP contribution in [0, 0.1) is 17.6 Å². The van der Waals surface area contributed by atoms with Crippen molar-refractivity contribution >= 4 is 19.7 Å². The Kier molecular flexibility index (Phi) is 6.00. The van der Waals surface area contributed by atoms with Gasteiger partial charge in [0.05, 0.1) is 12.4 Å². The van der Waals surface area contributed by atoms with Crippen molar-refractivity contribution in [2.45, 2.75) is 19.8 Å². The SMILES string of the molecule is CCCC(COc1ccc(F)c(F)c1)CS(=O)(=O)Cl. The van der Waals surface area contributed by atoms with Crippen LogP contribution in [-0.2, 0) is 9.05 Å². The maximum atomic E-state index is 13.0. The van der Waals surface area contributed by atoms with E-state index in [1.807, 2.05) is 6.92 Å². The van der Waals surface area contributed by atoms with Crippen molar-refractivity contribution < 1.29 is 21.9 Å². The third-order valence-corrected chi connectivity index (χ3v) is 3.76. The minimum Gasteiger partial charge on any atom is -0.493 e. The van der Waals surface area contributed by atoms with Gasteiger partial charge in [0.25, 0.3) is 0 Å². The molecule has 19 heavy (non-hydrogen) atoms. The number of halogens is 3. The van der Waals surface area contributed by atoms with E-state index in [1.54, 1.807) is 0 Å². The molecule has 0 saturated heterocycles. The summed E-state index contributed by atoms with van der Waals surface area (Å²) in [7, 11) is 1.59. The summed E-state index contributed by atoms with van der Waals surface area (Å²) in [4.78, 5) is 0. The molecule has 0 N–H and O–H groups in total. The highest BCUT2D eigenvalue weighted by atomic mass is 35.7. The summed E-state index contributed by atoms with van der Waals surface area (Å²) in [6.45, 7) is 2.00. The lowest BCUT2D eigenvalue weighted by Gasteiger charge is -2.15. The molecule has 0 bridgehead atoms. The molecule has 0 saturated carbocycles. The zero-order valence-corrected chi connectivity index (χ0v) is 12.0. The second kappa shape index (κ2) is 7.05. The van der Waals surface area contributed by atoms with Crippen LogP contribution in [-0.4, -0.2) is 20.8 Å². The normalized spacial score (nSPS) is 13.3. The summed E-state index contributed by atoms with van der Waals surface area (Å²) in [5, 5.41) is 0. The molecular weight excluding hydrogens is 298 g/mol. The molecule has 0 radical (unpaired) electrons. The van der Waals surface area contributed by atoms with Gasteiger partial charge in [-0.2, -0.15) is 0 Å². The van der Waals surface area contributed by atoms with Gasteiger partial charge in [0.2, 0.25) is 9.05 Å². The van der Waals surface area contributed by atoms with Crippen molar-refractivity contribution in [2.75, 3.05) is 12.4 Å². The third kappa shape index (κ3) is 6.20. The van der Waals surface area contributed by atoms with Gasteiger partial charge in [-0.05, 0) is 18.6 Å². The van der Waals surface area contributed by atoms with Crippen molar-refractivity contribution in [2.24, 2.45) is 5.92 Å². The van der Waals surface area contributed by atoms with E-state index in [0.29, 0.717) is 6.42 Å². The van der Waals surface area contributed by atoms with Gasteiger partial charge in [-0.1, -0.05) is 13.3 Å². The first-order valence-electron chi connectivity index (χ1n) is 5.82. The van der Waals surface area contributed by atoms with Crippen LogP contribution in [0.1, 0.15) is 19.8 Å². The molecule has 1 aromatic rings. The van der Waals surface area contributed by atoms with Crippen LogP contribution in [0.4, 0.5) is 8.78 Å². The predicted octanol–water partition coefficient (Wildman–Crippen LogP) is 3.33. The summed E-state index contributed by atoms with van der Waals surface area (Å²) in [6.07, 6.45) is 1.40. The highest BCUT2D eigenvalue weighted by Crippen LogP contribution is 2.18. The van der Waals surface area contributed by atoms with Crippen molar-refractivity contribution in [3.63, 3.8) is 0 Å². The maximum absolute atomic E-state index is 13.0. The molecule has 1 unspecified atom stereocenters. The maximum Gasteiger partial charge on any atom is 0.232 e. The van der Waals surface area contributed by atoms with Crippen molar-refractivity contribution in [1.29, 1.82) is 0 Å². The lowest BCUT2D eigenvalue weighted by atomic mass is 10.1.